The SMILES string of the molecule is CCOc1ccc(C(C)=O)cc1CSCC(C)C. The van der Waals surface area contributed by atoms with Crippen LogP contribution in [0.15, 0.2) is 18.2 Å². The number of benzene rings is 1. The number of ketones is 1. The number of Topliss-reactive ketones (excluding diaryl/α,β-unsaturated/α-hetero) is 1. The minimum Gasteiger partial charge on any atom is -0.494 e. The van der Waals surface area contributed by atoms with Crippen molar-refractivity contribution in [1.29, 1.82) is 0 Å². The van der Waals surface area contributed by atoms with Gasteiger partial charge in [0.15, 0.2) is 5.78 Å². The second kappa shape index (κ2) is 7.47. The highest BCUT2D eigenvalue weighted by atomic mass is 32.2. The summed E-state index contributed by atoms with van der Waals surface area (Å²) in [4.78, 5) is 11.4. The van der Waals surface area contributed by atoms with E-state index in [9.17, 15) is 4.79 Å². The van der Waals surface area contributed by atoms with Crippen LogP contribution in [0.4, 0.5) is 0 Å². The van der Waals surface area contributed by atoms with Crippen molar-refractivity contribution in [2.45, 2.75) is 33.4 Å². The van der Waals surface area contributed by atoms with Gasteiger partial charge < -0.3 is 4.74 Å². The van der Waals surface area contributed by atoms with Gasteiger partial charge in [0.25, 0.3) is 0 Å². The van der Waals surface area contributed by atoms with Gasteiger partial charge in [-0.25, -0.2) is 0 Å². The lowest BCUT2D eigenvalue weighted by molar-refractivity contribution is 0.101. The Hall–Kier alpha value is -0.960. The first-order valence-corrected chi connectivity index (χ1v) is 7.54. The maximum atomic E-state index is 11.4. The fourth-order valence-electron chi connectivity index (χ4n) is 1.61. The lowest BCUT2D eigenvalue weighted by atomic mass is 10.1. The number of hydrogen-bond acceptors (Lipinski definition) is 3. The van der Waals surface area contributed by atoms with Gasteiger partial charge in [0.1, 0.15) is 5.75 Å². The van der Waals surface area contributed by atoms with E-state index in [1.807, 2.05) is 36.9 Å². The van der Waals surface area contributed by atoms with Gasteiger partial charge in [-0.2, -0.15) is 11.8 Å². The summed E-state index contributed by atoms with van der Waals surface area (Å²) >= 11 is 1.88. The molecule has 0 aliphatic heterocycles. The average Bonchev–Trinajstić information content (AvgIpc) is 2.30. The van der Waals surface area contributed by atoms with E-state index in [0.717, 1.165) is 28.4 Å². The molecule has 2 nitrogen and oxygen atoms in total. The van der Waals surface area contributed by atoms with E-state index in [1.165, 1.54) is 0 Å². The summed E-state index contributed by atoms with van der Waals surface area (Å²) in [5, 5.41) is 0. The van der Waals surface area contributed by atoms with Gasteiger partial charge in [0.2, 0.25) is 0 Å². The quantitative estimate of drug-likeness (QED) is 0.693. The molecule has 0 aliphatic carbocycles. The van der Waals surface area contributed by atoms with Crippen molar-refractivity contribution in [3.05, 3.63) is 29.3 Å². The number of carbonyl (C=O) groups is 1. The molecule has 1 aromatic carbocycles. The molecule has 0 bridgehead atoms. The third-order valence-corrected chi connectivity index (χ3v) is 3.89. The Morgan fingerprint density at radius 3 is 2.67 bits per heavy atom. The van der Waals surface area contributed by atoms with E-state index in [0.29, 0.717) is 12.5 Å². The second-order valence-corrected chi connectivity index (χ2v) is 5.75. The van der Waals surface area contributed by atoms with E-state index in [-0.39, 0.29) is 5.78 Å². The molecule has 0 unspecified atom stereocenters. The zero-order valence-corrected chi connectivity index (χ0v) is 12.5. The fourth-order valence-corrected chi connectivity index (χ4v) is 2.65. The molecule has 18 heavy (non-hydrogen) atoms. The molecule has 100 valence electrons. The van der Waals surface area contributed by atoms with Crippen LogP contribution in [0.25, 0.3) is 0 Å². The van der Waals surface area contributed by atoms with Crippen molar-refractivity contribution in [2.24, 2.45) is 5.92 Å². The van der Waals surface area contributed by atoms with Crippen LogP contribution in [0.1, 0.15) is 43.6 Å². The highest BCUT2D eigenvalue weighted by Gasteiger charge is 2.08. The highest BCUT2D eigenvalue weighted by molar-refractivity contribution is 7.98. The van der Waals surface area contributed by atoms with Crippen LogP contribution in [0.5, 0.6) is 5.75 Å². The van der Waals surface area contributed by atoms with Crippen LogP contribution < -0.4 is 4.74 Å². The molecular weight excluding hydrogens is 244 g/mol. The molecule has 0 atom stereocenters. The molecule has 0 aromatic heterocycles. The molecule has 0 radical (unpaired) electrons. The standard InChI is InChI=1S/C15H22O2S/c1-5-17-15-7-6-13(12(4)16)8-14(15)10-18-9-11(2)3/h6-8,11H,5,9-10H2,1-4H3. The number of thioether (sulfide) groups is 1. The van der Waals surface area contributed by atoms with Crippen molar-refractivity contribution < 1.29 is 9.53 Å². The summed E-state index contributed by atoms with van der Waals surface area (Å²) < 4.78 is 5.60. The molecule has 0 spiro atoms. The molecule has 0 fully saturated rings. The summed E-state index contributed by atoms with van der Waals surface area (Å²) in [5.74, 6) is 3.71. The second-order valence-electron chi connectivity index (χ2n) is 4.72. The molecule has 1 rings (SSSR count). The number of rotatable bonds is 7. The van der Waals surface area contributed by atoms with Crippen molar-refractivity contribution in [3.8, 4) is 5.75 Å². The van der Waals surface area contributed by atoms with Gasteiger partial charge >= 0.3 is 0 Å². The van der Waals surface area contributed by atoms with E-state index >= 15 is 0 Å². The normalized spacial score (nSPS) is 10.7. The van der Waals surface area contributed by atoms with Gasteiger partial charge in [-0.1, -0.05) is 13.8 Å². The lowest BCUT2D eigenvalue weighted by Crippen LogP contribution is -2.00. The Bertz CT molecular complexity index is 399. The van der Waals surface area contributed by atoms with Crippen LogP contribution >= 0.6 is 11.8 Å². The predicted octanol–water partition coefficient (Wildman–Crippen LogP) is 4.18. The van der Waals surface area contributed by atoms with Gasteiger partial charge in [-0.3, -0.25) is 4.79 Å². The molecule has 0 saturated carbocycles. The van der Waals surface area contributed by atoms with Crippen LogP contribution in [0.3, 0.4) is 0 Å². The zero-order valence-electron chi connectivity index (χ0n) is 11.7. The molecule has 0 amide bonds. The van der Waals surface area contributed by atoms with Gasteiger partial charge in [0.05, 0.1) is 6.61 Å². The first-order valence-electron chi connectivity index (χ1n) is 6.39. The van der Waals surface area contributed by atoms with Crippen LogP contribution in [0.2, 0.25) is 0 Å². The molecule has 0 saturated heterocycles. The summed E-state index contributed by atoms with van der Waals surface area (Å²) in [5.41, 5.74) is 1.88. The van der Waals surface area contributed by atoms with Crippen molar-refractivity contribution in [1.82, 2.24) is 0 Å². The van der Waals surface area contributed by atoms with Gasteiger partial charge in [-0.15, -0.1) is 0 Å². The number of carbonyl (C=O) groups excluding carboxylic acids is 1. The van der Waals surface area contributed by atoms with E-state index in [1.54, 1.807) is 6.92 Å². The highest BCUT2D eigenvalue weighted by Crippen LogP contribution is 2.26. The van der Waals surface area contributed by atoms with Gasteiger partial charge in [0, 0.05) is 16.9 Å². The topological polar surface area (TPSA) is 26.3 Å². The maximum absolute atomic E-state index is 11.4. The average molecular weight is 266 g/mol. The van der Waals surface area contributed by atoms with Crippen molar-refractivity contribution in [2.75, 3.05) is 12.4 Å². The molecule has 1 aromatic rings. The van der Waals surface area contributed by atoms with E-state index in [4.69, 9.17) is 4.74 Å². The molecule has 0 N–H and O–H groups in total. The van der Waals surface area contributed by atoms with Gasteiger partial charge in [-0.05, 0) is 43.7 Å². The maximum Gasteiger partial charge on any atom is 0.159 e. The first-order chi connectivity index (χ1) is 8.54. The minimum atomic E-state index is 0.105. The zero-order chi connectivity index (χ0) is 13.5. The van der Waals surface area contributed by atoms with Crippen LogP contribution in [0, 0.1) is 5.92 Å². The molecule has 3 heteroatoms. The summed E-state index contributed by atoms with van der Waals surface area (Å²) in [6.07, 6.45) is 0. The van der Waals surface area contributed by atoms with Crippen molar-refractivity contribution in [3.63, 3.8) is 0 Å². The summed E-state index contributed by atoms with van der Waals surface area (Å²) in [6.45, 7) is 8.65. The fraction of sp³-hybridized carbons (Fsp3) is 0.533. The summed E-state index contributed by atoms with van der Waals surface area (Å²) in [7, 11) is 0. The Morgan fingerprint density at radius 2 is 2.11 bits per heavy atom. The Kier molecular flexibility index (Phi) is 6.27. The van der Waals surface area contributed by atoms with Crippen molar-refractivity contribution >= 4 is 17.5 Å². The third-order valence-electron chi connectivity index (χ3n) is 2.48. The Labute approximate surface area is 114 Å². The minimum absolute atomic E-state index is 0.105. The predicted molar refractivity (Wildman–Crippen MR) is 78.6 cm³/mol. The molecule has 0 heterocycles. The monoisotopic (exact) mass is 266 g/mol. The Balaban J connectivity index is 2.82. The smallest absolute Gasteiger partial charge is 0.159 e. The number of hydrogen-bond donors (Lipinski definition) is 0. The first kappa shape index (κ1) is 15.1. The third kappa shape index (κ3) is 4.73. The largest absolute Gasteiger partial charge is 0.494 e. The molecule has 0 aliphatic rings. The lowest BCUT2D eigenvalue weighted by Gasteiger charge is -2.12. The molecular formula is C15H22O2S. The van der Waals surface area contributed by atoms with Crippen LogP contribution in [-0.2, 0) is 5.75 Å². The van der Waals surface area contributed by atoms with E-state index in [2.05, 4.69) is 13.8 Å². The van der Waals surface area contributed by atoms with E-state index < -0.39 is 0 Å². The van der Waals surface area contributed by atoms with Crippen LogP contribution in [-0.4, -0.2) is 18.1 Å². The number of ether oxygens (including phenoxy) is 1. The Morgan fingerprint density at radius 1 is 1.39 bits per heavy atom. The summed E-state index contributed by atoms with van der Waals surface area (Å²) in [6, 6.07) is 5.70.